The van der Waals surface area contributed by atoms with E-state index in [-0.39, 0.29) is 0 Å². The molecule has 1 saturated heterocycles. The molecular formula is C18H21N7. The number of nitrogens with zero attached hydrogens (tertiary/aromatic N) is 6. The van der Waals surface area contributed by atoms with Crippen LogP contribution in [0.3, 0.4) is 0 Å². The normalized spacial score (nSPS) is 17.7. The molecule has 3 aromatic rings. The van der Waals surface area contributed by atoms with Crippen LogP contribution in [0.15, 0.2) is 48.9 Å². The molecule has 0 spiro atoms. The van der Waals surface area contributed by atoms with E-state index >= 15 is 0 Å². The van der Waals surface area contributed by atoms with Crippen molar-refractivity contribution in [2.45, 2.75) is 19.0 Å². The summed E-state index contributed by atoms with van der Waals surface area (Å²) in [6.07, 6.45) is 4.38. The Bertz CT molecular complexity index is 830. The van der Waals surface area contributed by atoms with Gasteiger partial charge in [0.25, 0.3) is 0 Å². The minimum atomic E-state index is 0.360. The van der Waals surface area contributed by atoms with E-state index in [1.807, 2.05) is 13.1 Å². The van der Waals surface area contributed by atoms with Crippen LogP contribution in [0.25, 0.3) is 11.5 Å². The van der Waals surface area contributed by atoms with Crippen molar-refractivity contribution in [1.82, 2.24) is 29.6 Å². The van der Waals surface area contributed by atoms with E-state index in [4.69, 9.17) is 0 Å². The van der Waals surface area contributed by atoms with Gasteiger partial charge in [-0.05, 0) is 18.1 Å². The van der Waals surface area contributed by atoms with E-state index in [1.54, 1.807) is 10.9 Å². The van der Waals surface area contributed by atoms with Crippen LogP contribution in [0, 0.1) is 0 Å². The number of likely N-dealkylation sites (tertiary alicyclic amines) is 1. The first-order chi connectivity index (χ1) is 12.3. The third-order valence-corrected chi connectivity index (χ3v) is 4.45. The van der Waals surface area contributed by atoms with Crippen LogP contribution in [0.4, 0.5) is 5.95 Å². The smallest absolute Gasteiger partial charge is 0.223 e. The molecule has 7 heteroatoms. The molecule has 25 heavy (non-hydrogen) atoms. The van der Waals surface area contributed by atoms with Crippen LogP contribution >= 0.6 is 0 Å². The maximum absolute atomic E-state index is 4.58. The topological polar surface area (TPSA) is 71.8 Å². The van der Waals surface area contributed by atoms with Gasteiger partial charge in [-0.3, -0.25) is 4.90 Å². The Morgan fingerprint density at radius 3 is 2.84 bits per heavy atom. The molecule has 3 heterocycles. The van der Waals surface area contributed by atoms with Gasteiger partial charge in [0.2, 0.25) is 5.95 Å². The molecule has 2 aromatic heterocycles. The third kappa shape index (κ3) is 3.66. The number of nitrogens with one attached hydrogen (secondary N) is 1. The average Bonchev–Trinajstić information content (AvgIpc) is 3.25. The maximum atomic E-state index is 4.58. The quantitative estimate of drug-likeness (QED) is 0.768. The van der Waals surface area contributed by atoms with Crippen LogP contribution in [0.2, 0.25) is 0 Å². The molecule has 0 bridgehead atoms. The Hall–Kier alpha value is -2.80. The Morgan fingerprint density at radius 2 is 2.04 bits per heavy atom. The molecule has 0 saturated carbocycles. The molecule has 1 aromatic carbocycles. The van der Waals surface area contributed by atoms with Crippen LogP contribution in [0.5, 0.6) is 0 Å². The SMILES string of the molecule is Cn1ncnc1-c1ccnc(NC2CCN(Cc3ccccc3)C2)n1. The summed E-state index contributed by atoms with van der Waals surface area (Å²) in [5.74, 6) is 1.38. The number of benzene rings is 1. The number of anilines is 1. The van der Waals surface area contributed by atoms with Crippen molar-refractivity contribution in [3.63, 3.8) is 0 Å². The second-order valence-electron chi connectivity index (χ2n) is 6.32. The zero-order valence-electron chi connectivity index (χ0n) is 14.2. The van der Waals surface area contributed by atoms with Gasteiger partial charge in [0.1, 0.15) is 12.0 Å². The first kappa shape index (κ1) is 15.7. The van der Waals surface area contributed by atoms with Gasteiger partial charge in [0.05, 0.1) is 0 Å². The molecule has 1 N–H and O–H groups in total. The first-order valence-corrected chi connectivity index (χ1v) is 8.48. The van der Waals surface area contributed by atoms with Crippen LogP contribution in [0.1, 0.15) is 12.0 Å². The summed E-state index contributed by atoms with van der Waals surface area (Å²) in [4.78, 5) is 15.6. The highest BCUT2D eigenvalue weighted by Crippen LogP contribution is 2.18. The zero-order valence-corrected chi connectivity index (χ0v) is 14.2. The van der Waals surface area contributed by atoms with Crippen molar-refractivity contribution in [3.8, 4) is 11.5 Å². The second-order valence-corrected chi connectivity index (χ2v) is 6.32. The van der Waals surface area contributed by atoms with Gasteiger partial charge in [-0.15, -0.1) is 0 Å². The molecule has 0 radical (unpaired) electrons. The van der Waals surface area contributed by atoms with E-state index in [2.05, 4.69) is 60.6 Å². The minimum Gasteiger partial charge on any atom is -0.350 e. The van der Waals surface area contributed by atoms with Crippen molar-refractivity contribution < 1.29 is 0 Å². The van der Waals surface area contributed by atoms with Gasteiger partial charge in [0.15, 0.2) is 5.82 Å². The van der Waals surface area contributed by atoms with Gasteiger partial charge in [-0.1, -0.05) is 30.3 Å². The van der Waals surface area contributed by atoms with Crippen molar-refractivity contribution in [2.24, 2.45) is 7.05 Å². The highest BCUT2D eigenvalue weighted by molar-refractivity contribution is 5.50. The van der Waals surface area contributed by atoms with E-state index in [1.165, 1.54) is 11.9 Å². The molecule has 0 aliphatic carbocycles. The molecule has 0 amide bonds. The van der Waals surface area contributed by atoms with Crippen molar-refractivity contribution >= 4 is 5.95 Å². The van der Waals surface area contributed by atoms with E-state index in [0.717, 1.165) is 37.6 Å². The predicted octanol–water partition coefficient (Wildman–Crippen LogP) is 1.96. The predicted molar refractivity (Wildman–Crippen MR) is 95.8 cm³/mol. The van der Waals surface area contributed by atoms with Crippen LogP contribution in [-0.4, -0.2) is 48.8 Å². The summed E-state index contributed by atoms with van der Waals surface area (Å²) >= 11 is 0. The lowest BCUT2D eigenvalue weighted by atomic mass is 10.2. The molecule has 1 aliphatic heterocycles. The number of hydrogen-bond donors (Lipinski definition) is 1. The van der Waals surface area contributed by atoms with Crippen LogP contribution in [-0.2, 0) is 13.6 Å². The van der Waals surface area contributed by atoms with Crippen LogP contribution < -0.4 is 5.32 Å². The molecule has 1 atom stereocenters. The van der Waals surface area contributed by atoms with E-state index < -0.39 is 0 Å². The first-order valence-electron chi connectivity index (χ1n) is 8.48. The lowest BCUT2D eigenvalue weighted by molar-refractivity contribution is 0.328. The molecule has 7 nitrogen and oxygen atoms in total. The minimum absolute atomic E-state index is 0.360. The number of rotatable bonds is 5. The summed E-state index contributed by atoms with van der Waals surface area (Å²) in [5, 5.41) is 7.55. The van der Waals surface area contributed by atoms with Crippen molar-refractivity contribution in [3.05, 3.63) is 54.5 Å². The fraction of sp³-hybridized carbons (Fsp3) is 0.333. The lowest BCUT2D eigenvalue weighted by Gasteiger charge is -2.17. The zero-order chi connectivity index (χ0) is 17.1. The fourth-order valence-corrected chi connectivity index (χ4v) is 3.20. The monoisotopic (exact) mass is 335 g/mol. The Kier molecular flexibility index (Phi) is 4.39. The highest BCUT2D eigenvalue weighted by atomic mass is 15.3. The van der Waals surface area contributed by atoms with Gasteiger partial charge in [-0.25, -0.2) is 19.6 Å². The maximum Gasteiger partial charge on any atom is 0.223 e. The number of aryl methyl sites for hydroxylation is 1. The summed E-state index contributed by atoms with van der Waals surface area (Å²) in [5.41, 5.74) is 2.13. The molecule has 1 fully saturated rings. The van der Waals surface area contributed by atoms with Gasteiger partial charge < -0.3 is 5.32 Å². The summed E-state index contributed by atoms with van der Waals surface area (Å²) < 4.78 is 1.71. The second kappa shape index (κ2) is 6.98. The summed E-state index contributed by atoms with van der Waals surface area (Å²) in [6, 6.07) is 12.8. The molecule has 1 aliphatic rings. The number of aromatic nitrogens is 5. The number of hydrogen-bond acceptors (Lipinski definition) is 6. The fourth-order valence-electron chi connectivity index (χ4n) is 3.20. The Balaban J connectivity index is 1.39. The Labute approximate surface area is 146 Å². The Morgan fingerprint density at radius 1 is 1.16 bits per heavy atom. The lowest BCUT2D eigenvalue weighted by Crippen LogP contribution is -2.26. The average molecular weight is 335 g/mol. The summed E-state index contributed by atoms with van der Waals surface area (Å²) in [6.45, 7) is 3.06. The third-order valence-electron chi connectivity index (χ3n) is 4.45. The summed E-state index contributed by atoms with van der Waals surface area (Å²) in [7, 11) is 1.86. The van der Waals surface area contributed by atoms with Gasteiger partial charge in [-0.2, -0.15) is 5.10 Å². The largest absolute Gasteiger partial charge is 0.350 e. The standard InChI is InChI=1S/C18H21N7/c1-24-17(20-13-21-24)16-7-9-19-18(23-16)22-15-8-10-25(12-15)11-14-5-3-2-4-6-14/h2-7,9,13,15H,8,10-12H2,1H3,(H,19,22,23). The molecule has 4 rings (SSSR count). The van der Waals surface area contributed by atoms with Gasteiger partial charge >= 0.3 is 0 Å². The molecule has 128 valence electrons. The van der Waals surface area contributed by atoms with Crippen molar-refractivity contribution in [2.75, 3.05) is 18.4 Å². The molecule has 1 unspecified atom stereocenters. The van der Waals surface area contributed by atoms with Gasteiger partial charge in [0, 0.05) is 38.9 Å². The van der Waals surface area contributed by atoms with E-state index in [0.29, 0.717) is 12.0 Å². The molecular weight excluding hydrogens is 314 g/mol. The van der Waals surface area contributed by atoms with Crippen molar-refractivity contribution in [1.29, 1.82) is 0 Å². The van der Waals surface area contributed by atoms with E-state index in [9.17, 15) is 0 Å². The highest BCUT2D eigenvalue weighted by Gasteiger charge is 2.23.